The van der Waals surface area contributed by atoms with Crippen molar-refractivity contribution in [2.75, 3.05) is 0 Å². The average molecular weight is 178 g/mol. The van der Waals surface area contributed by atoms with Crippen LogP contribution in [0.2, 0.25) is 13.1 Å². The van der Waals surface area contributed by atoms with Gasteiger partial charge in [0.1, 0.15) is 0 Å². The summed E-state index contributed by atoms with van der Waals surface area (Å²) in [6.45, 7) is 9.81. The summed E-state index contributed by atoms with van der Waals surface area (Å²) in [5.41, 5.74) is 0. The highest BCUT2D eigenvalue weighted by Crippen LogP contribution is 1.81. The largest absolute Gasteiger partial charge is 0.392 e. The quantitative estimate of drug-likeness (QED) is 0.524. The molecule has 0 heterocycles. The fourth-order valence-electron chi connectivity index (χ4n) is 0. The third kappa shape index (κ3) is 349000. The molecular weight excluding hydrogens is 160 g/mol. The predicted molar refractivity (Wildman–Crippen MR) is 47.9 cm³/mol. The molecule has 0 aliphatic heterocycles. The van der Waals surface area contributed by atoms with Gasteiger partial charge in [-0.25, -0.2) is 0 Å². The summed E-state index contributed by atoms with van der Waals surface area (Å²) in [6, 6.07) is 0. The summed E-state index contributed by atoms with van der Waals surface area (Å²) in [7, 11) is -1.00. The number of hydrogen-bond donors (Lipinski definition) is 0. The molecule has 0 atom stereocenters. The van der Waals surface area contributed by atoms with E-state index in [2.05, 4.69) is 20.8 Å². The van der Waals surface area contributed by atoms with Crippen molar-refractivity contribution in [1.82, 2.24) is 0 Å². The van der Waals surface area contributed by atoms with E-state index in [-0.39, 0.29) is 0 Å². The molecule has 0 aliphatic carbocycles. The second kappa shape index (κ2) is 23.0. The van der Waals surface area contributed by atoms with Crippen LogP contribution in [-0.4, -0.2) is 18.8 Å². The van der Waals surface area contributed by atoms with Gasteiger partial charge >= 0.3 is 0 Å². The van der Waals surface area contributed by atoms with Gasteiger partial charge in [0.05, 0.1) is 0 Å². The van der Waals surface area contributed by atoms with E-state index < -0.39 is 18.8 Å². The van der Waals surface area contributed by atoms with E-state index in [4.69, 9.17) is 8.92 Å². The van der Waals surface area contributed by atoms with E-state index in [9.17, 15) is 0 Å². The SMILES string of the molecule is CC(C)C.C[SiH]=O.C[SiH]=O. The molecule has 0 aromatic carbocycles. The Kier molecular flexibility index (Phi) is 38.1. The maximum atomic E-state index is 9.01. The second-order valence-electron chi connectivity index (χ2n) is 2.20. The molecule has 0 aliphatic rings. The van der Waals surface area contributed by atoms with Crippen molar-refractivity contribution >= 4 is 18.8 Å². The van der Waals surface area contributed by atoms with Gasteiger partial charge in [-0.2, -0.15) is 0 Å². The summed E-state index contributed by atoms with van der Waals surface area (Å²) < 4.78 is 18.0. The van der Waals surface area contributed by atoms with Crippen LogP contribution >= 0.6 is 0 Å². The van der Waals surface area contributed by atoms with E-state index in [0.29, 0.717) is 0 Å². The summed E-state index contributed by atoms with van der Waals surface area (Å²) in [5.74, 6) is 0.833. The van der Waals surface area contributed by atoms with Crippen LogP contribution in [0.1, 0.15) is 20.8 Å². The van der Waals surface area contributed by atoms with Crippen molar-refractivity contribution in [2.45, 2.75) is 33.9 Å². The lowest BCUT2D eigenvalue weighted by atomic mass is 10.3. The normalized spacial score (nSPS) is 6.20. The highest BCUT2D eigenvalue weighted by molar-refractivity contribution is 6.14. The minimum atomic E-state index is -0.500. The van der Waals surface area contributed by atoms with Crippen molar-refractivity contribution < 1.29 is 8.92 Å². The number of hydrogen-bond acceptors (Lipinski definition) is 2. The maximum Gasteiger partial charge on any atom is 0.257 e. The standard InChI is InChI=1S/C4H10.2CH4OSi/c1-4(2)3;2*1-3-2/h4H,1-3H3;2*3H,1H3. The molecule has 10 heavy (non-hydrogen) atoms. The minimum absolute atomic E-state index is 0.500. The zero-order valence-electron chi connectivity index (χ0n) is 7.55. The van der Waals surface area contributed by atoms with Crippen molar-refractivity contribution in [1.29, 1.82) is 0 Å². The van der Waals surface area contributed by atoms with Crippen molar-refractivity contribution in [3.63, 3.8) is 0 Å². The highest BCUT2D eigenvalue weighted by Gasteiger charge is 1.68. The van der Waals surface area contributed by atoms with E-state index in [1.54, 1.807) is 13.1 Å². The Morgan fingerprint density at radius 3 is 0.900 bits per heavy atom. The molecule has 0 fully saturated rings. The van der Waals surface area contributed by atoms with E-state index >= 15 is 0 Å². The molecule has 0 unspecified atom stereocenters. The van der Waals surface area contributed by atoms with Gasteiger partial charge in [0.2, 0.25) is 0 Å². The predicted octanol–water partition coefficient (Wildman–Crippen LogP) is 1.30. The first kappa shape index (κ1) is 16.6. The summed E-state index contributed by atoms with van der Waals surface area (Å²) in [4.78, 5) is 0. The second-order valence-corrected chi connectivity index (χ2v) is 3.15. The smallest absolute Gasteiger partial charge is 0.257 e. The summed E-state index contributed by atoms with van der Waals surface area (Å²) in [5, 5.41) is 0. The molecule has 0 bridgehead atoms. The van der Waals surface area contributed by atoms with Gasteiger partial charge in [0.15, 0.2) is 0 Å². The van der Waals surface area contributed by atoms with E-state index in [1.165, 1.54) is 0 Å². The van der Waals surface area contributed by atoms with E-state index in [0.717, 1.165) is 5.92 Å². The molecule has 0 N–H and O–H groups in total. The molecule has 0 saturated heterocycles. The lowest BCUT2D eigenvalue weighted by Crippen LogP contribution is -1.66. The first-order chi connectivity index (χ1) is 4.56. The number of rotatable bonds is 0. The molecule has 62 valence electrons. The van der Waals surface area contributed by atoms with E-state index in [1.807, 2.05) is 0 Å². The zero-order chi connectivity index (χ0) is 8.99. The monoisotopic (exact) mass is 178 g/mol. The third-order valence-electron chi connectivity index (χ3n) is 0. The molecule has 0 saturated carbocycles. The molecule has 0 amide bonds. The van der Waals surface area contributed by atoms with Gasteiger partial charge in [-0.3, -0.25) is 0 Å². The van der Waals surface area contributed by atoms with Gasteiger partial charge in [-0.1, -0.05) is 20.8 Å². The Morgan fingerprint density at radius 1 is 0.900 bits per heavy atom. The third-order valence-corrected chi connectivity index (χ3v) is 0. The van der Waals surface area contributed by atoms with Crippen molar-refractivity contribution in [2.24, 2.45) is 5.92 Å². The molecule has 0 aromatic rings. The molecule has 0 aromatic heterocycles. The lowest BCUT2D eigenvalue weighted by molar-refractivity contribution is 0.579. The van der Waals surface area contributed by atoms with Gasteiger partial charge in [-0.05, 0) is 19.0 Å². The topological polar surface area (TPSA) is 34.1 Å². The molecule has 0 radical (unpaired) electrons. The van der Waals surface area contributed by atoms with Crippen LogP contribution in [0.5, 0.6) is 0 Å². The van der Waals surface area contributed by atoms with Gasteiger partial charge in [-0.15, -0.1) is 0 Å². The van der Waals surface area contributed by atoms with Crippen molar-refractivity contribution in [3.05, 3.63) is 0 Å². The zero-order valence-corrected chi connectivity index (χ0v) is 9.86. The van der Waals surface area contributed by atoms with Gasteiger partial charge in [0.25, 0.3) is 18.8 Å². The van der Waals surface area contributed by atoms with Crippen LogP contribution in [0.3, 0.4) is 0 Å². The Labute approximate surface area is 68.2 Å². The van der Waals surface area contributed by atoms with Crippen LogP contribution in [0.15, 0.2) is 0 Å². The molecule has 2 nitrogen and oxygen atoms in total. The highest BCUT2D eigenvalue weighted by atomic mass is 28.2. The lowest BCUT2D eigenvalue weighted by Gasteiger charge is -1.79. The fourth-order valence-corrected chi connectivity index (χ4v) is 0. The first-order valence-corrected chi connectivity index (χ1v) is 6.61. The van der Waals surface area contributed by atoms with Crippen LogP contribution in [0.25, 0.3) is 0 Å². The Hall–Kier alpha value is 0.0338. The average Bonchev–Trinajstić information content (AvgIpc) is 1.65. The summed E-state index contributed by atoms with van der Waals surface area (Å²) >= 11 is 0. The Bertz CT molecular complexity index is 56.0. The maximum absolute atomic E-state index is 9.01. The van der Waals surface area contributed by atoms with Crippen LogP contribution in [-0.2, 0) is 8.92 Å². The molecular formula is C6H18O2Si2. The van der Waals surface area contributed by atoms with Gasteiger partial charge < -0.3 is 8.92 Å². The molecule has 0 spiro atoms. The van der Waals surface area contributed by atoms with Crippen LogP contribution in [0.4, 0.5) is 0 Å². The fraction of sp³-hybridized carbons (Fsp3) is 1.00. The van der Waals surface area contributed by atoms with Crippen molar-refractivity contribution in [3.8, 4) is 0 Å². The Morgan fingerprint density at radius 2 is 0.900 bits per heavy atom. The van der Waals surface area contributed by atoms with Crippen LogP contribution in [0, 0.1) is 5.92 Å². The first-order valence-electron chi connectivity index (χ1n) is 3.36. The Balaban J connectivity index is -0.0000000750. The molecule has 0 rings (SSSR count). The van der Waals surface area contributed by atoms with Gasteiger partial charge in [0, 0.05) is 0 Å². The molecule has 4 heteroatoms. The summed E-state index contributed by atoms with van der Waals surface area (Å²) in [6.07, 6.45) is 0. The minimum Gasteiger partial charge on any atom is -0.392 e. The van der Waals surface area contributed by atoms with Crippen LogP contribution < -0.4 is 0 Å².